The summed E-state index contributed by atoms with van der Waals surface area (Å²) < 4.78 is 0. The van der Waals surface area contributed by atoms with Gasteiger partial charge in [0.15, 0.2) is 0 Å². The van der Waals surface area contributed by atoms with Crippen molar-refractivity contribution in [2.24, 2.45) is 0 Å². The van der Waals surface area contributed by atoms with Gasteiger partial charge in [0, 0.05) is 12.1 Å². The van der Waals surface area contributed by atoms with E-state index >= 15 is 0 Å². The molecule has 0 spiro atoms. The lowest BCUT2D eigenvalue weighted by molar-refractivity contribution is -0.384. The molecule has 0 aliphatic rings. The van der Waals surface area contributed by atoms with Crippen LogP contribution in [-0.2, 0) is 0 Å². The minimum absolute atomic E-state index is 0.0255. The van der Waals surface area contributed by atoms with E-state index in [0.29, 0.717) is 0 Å². The topological polar surface area (TPSA) is 66.2 Å². The largest absolute Gasteiger partial charge is 0.872 e. The van der Waals surface area contributed by atoms with Crippen LogP contribution in [0.4, 0.5) is 5.69 Å². The highest BCUT2D eigenvalue weighted by atomic mass is 16.6. The quantitative estimate of drug-likeness (QED) is 0.470. The fraction of sp³-hybridized carbons (Fsp3) is 0. The molecule has 4 nitrogen and oxygen atoms in total. The molecular formula is C14H10NO3-. The number of hydrogen-bond acceptors (Lipinski definition) is 3. The number of benzene rings is 2. The normalized spacial score (nSPS) is 10.7. The van der Waals surface area contributed by atoms with Crippen LogP contribution >= 0.6 is 0 Å². The number of non-ortho nitro benzene ring substituents is 1. The number of nitro benzene ring substituents is 1. The maximum absolute atomic E-state index is 10.9. The van der Waals surface area contributed by atoms with Crippen LogP contribution in [0, 0.1) is 10.1 Å². The van der Waals surface area contributed by atoms with E-state index in [4.69, 9.17) is 0 Å². The molecule has 0 saturated heterocycles. The van der Waals surface area contributed by atoms with E-state index in [1.807, 2.05) is 12.2 Å². The molecule has 2 aromatic carbocycles. The molecule has 0 heterocycles. The summed E-state index contributed by atoms with van der Waals surface area (Å²) in [6.45, 7) is 0. The van der Waals surface area contributed by atoms with Crippen LogP contribution in [0.5, 0.6) is 5.75 Å². The van der Waals surface area contributed by atoms with E-state index < -0.39 is 4.92 Å². The molecule has 90 valence electrons. The van der Waals surface area contributed by atoms with Gasteiger partial charge in [-0.25, -0.2) is 0 Å². The predicted octanol–water partition coefficient (Wildman–Crippen LogP) is 2.84. The highest BCUT2D eigenvalue weighted by Gasteiger charge is 2.01. The zero-order valence-electron chi connectivity index (χ0n) is 9.45. The van der Waals surface area contributed by atoms with Crippen molar-refractivity contribution in [3.8, 4) is 5.75 Å². The van der Waals surface area contributed by atoms with Crippen molar-refractivity contribution >= 4 is 17.8 Å². The average molecular weight is 240 g/mol. The van der Waals surface area contributed by atoms with Crippen molar-refractivity contribution in [2.75, 3.05) is 0 Å². The fourth-order valence-corrected chi connectivity index (χ4v) is 1.48. The van der Waals surface area contributed by atoms with Gasteiger partial charge in [0.05, 0.1) is 4.92 Å². The first kappa shape index (κ1) is 11.9. The van der Waals surface area contributed by atoms with Crippen molar-refractivity contribution in [3.63, 3.8) is 0 Å². The Morgan fingerprint density at radius 3 is 1.72 bits per heavy atom. The van der Waals surface area contributed by atoms with Crippen LogP contribution in [0.15, 0.2) is 48.5 Å². The summed E-state index contributed by atoms with van der Waals surface area (Å²) in [5, 5.41) is 21.4. The van der Waals surface area contributed by atoms with E-state index in [1.54, 1.807) is 24.3 Å². The zero-order valence-corrected chi connectivity index (χ0v) is 9.45. The van der Waals surface area contributed by atoms with Gasteiger partial charge in [0.1, 0.15) is 0 Å². The summed E-state index contributed by atoms with van der Waals surface area (Å²) in [5.41, 5.74) is 1.85. The lowest BCUT2D eigenvalue weighted by Gasteiger charge is -2.03. The van der Waals surface area contributed by atoms with Crippen LogP contribution in [0.25, 0.3) is 12.2 Å². The third-order valence-electron chi connectivity index (χ3n) is 2.45. The number of hydrogen-bond donors (Lipinski definition) is 0. The maximum Gasteiger partial charge on any atom is 0.269 e. The zero-order chi connectivity index (χ0) is 13.0. The van der Waals surface area contributed by atoms with Gasteiger partial charge < -0.3 is 5.11 Å². The van der Waals surface area contributed by atoms with E-state index in [9.17, 15) is 15.2 Å². The van der Waals surface area contributed by atoms with Crippen LogP contribution in [0.3, 0.4) is 0 Å². The molecule has 0 unspecified atom stereocenters. The monoisotopic (exact) mass is 240 g/mol. The molecule has 0 bridgehead atoms. The van der Waals surface area contributed by atoms with Crippen LogP contribution in [0.1, 0.15) is 11.1 Å². The minimum Gasteiger partial charge on any atom is -0.872 e. The molecule has 2 aromatic rings. The summed E-state index contributed by atoms with van der Waals surface area (Å²) in [6.07, 6.45) is 3.68. The Bertz CT molecular complexity index is 571. The molecule has 4 heteroatoms. The minimum atomic E-state index is -0.430. The standard InChI is InChI=1S/C14H11NO3/c16-14-9-5-12(6-10-14)2-1-11-3-7-13(8-4-11)15(17)18/h1-10,16H/p-1/b2-1+. The first-order valence-corrected chi connectivity index (χ1v) is 5.35. The summed E-state index contributed by atoms with van der Waals surface area (Å²) in [7, 11) is 0. The van der Waals surface area contributed by atoms with Gasteiger partial charge in [0.25, 0.3) is 5.69 Å². The van der Waals surface area contributed by atoms with Crippen molar-refractivity contribution < 1.29 is 10.0 Å². The Balaban J connectivity index is 2.13. The molecular weight excluding hydrogens is 230 g/mol. The van der Waals surface area contributed by atoms with Gasteiger partial charge in [0.2, 0.25) is 0 Å². The summed E-state index contributed by atoms with van der Waals surface area (Å²) >= 11 is 0. The number of nitro groups is 1. The Morgan fingerprint density at radius 2 is 1.28 bits per heavy atom. The lowest BCUT2D eigenvalue weighted by atomic mass is 10.1. The van der Waals surface area contributed by atoms with Gasteiger partial charge in [-0.2, -0.15) is 0 Å². The highest BCUT2D eigenvalue weighted by Crippen LogP contribution is 2.15. The molecule has 0 aliphatic carbocycles. The molecule has 0 aromatic heterocycles. The third-order valence-corrected chi connectivity index (χ3v) is 2.45. The van der Waals surface area contributed by atoms with Crippen LogP contribution in [-0.4, -0.2) is 4.92 Å². The Labute approximate surface area is 104 Å². The highest BCUT2D eigenvalue weighted by molar-refractivity contribution is 5.70. The van der Waals surface area contributed by atoms with Gasteiger partial charge >= 0.3 is 0 Å². The molecule has 0 atom stereocenters. The predicted molar refractivity (Wildman–Crippen MR) is 67.9 cm³/mol. The first-order chi connectivity index (χ1) is 8.65. The van der Waals surface area contributed by atoms with Crippen LogP contribution in [0.2, 0.25) is 0 Å². The van der Waals surface area contributed by atoms with Gasteiger partial charge in [-0.1, -0.05) is 36.4 Å². The average Bonchev–Trinajstić information content (AvgIpc) is 2.38. The van der Waals surface area contributed by atoms with Crippen molar-refractivity contribution in [2.45, 2.75) is 0 Å². The van der Waals surface area contributed by atoms with Crippen molar-refractivity contribution in [3.05, 3.63) is 69.8 Å². The van der Waals surface area contributed by atoms with E-state index in [2.05, 4.69) is 0 Å². The summed E-state index contributed by atoms with van der Waals surface area (Å²) in [4.78, 5) is 10.1. The van der Waals surface area contributed by atoms with Gasteiger partial charge in [-0.15, -0.1) is 5.75 Å². The third kappa shape index (κ3) is 2.95. The van der Waals surface area contributed by atoms with Gasteiger partial charge in [-0.3, -0.25) is 10.1 Å². The molecule has 18 heavy (non-hydrogen) atoms. The Hall–Kier alpha value is -2.62. The SMILES string of the molecule is O=[N+]([O-])c1ccc(/C=C/c2ccc([O-])cc2)cc1. The van der Waals surface area contributed by atoms with E-state index in [0.717, 1.165) is 11.1 Å². The number of rotatable bonds is 3. The fourth-order valence-electron chi connectivity index (χ4n) is 1.48. The maximum atomic E-state index is 10.9. The van der Waals surface area contributed by atoms with E-state index in [-0.39, 0.29) is 11.4 Å². The summed E-state index contributed by atoms with van der Waals surface area (Å²) in [6, 6.07) is 12.7. The van der Waals surface area contributed by atoms with Crippen molar-refractivity contribution in [1.29, 1.82) is 0 Å². The Morgan fingerprint density at radius 1 is 0.833 bits per heavy atom. The molecule has 2 rings (SSSR count). The molecule has 0 N–H and O–H groups in total. The smallest absolute Gasteiger partial charge is 0.269 e. The second-order valence-corrected chi connectivity index (χ2v) is 3.75. The van der Waals surface area contributed by atoms with Crippen molar-refractivity contribution in [1.82, 2.24) is 0 Å². The van der Waals surface area contributed by atoms with E-state index in [1.165, 1.54) is 24.3 Å². The number of nitrogens with zero attached hydrogens (tertiary/aromatic N) is 1. The second-order valence-electron chi connectivity index (χ2n) is 3.75. The molecule has 0 radical (unpaired) electrons. The first-order valence-electron chi connectivity index (χ1n) is 5.35. The molecule has 0 amide bonds. The Kier molecular flexibility index (Phi) is 3.38. The van der Waals surface area contributed by atoms with Gasteiger partial charge in [-0.05, 0) is 23.3 Å². The lowest BCUT2D eigenvalue weighted by Crippen LogP contribution is -1.87. The van der Waals surface area contributed by atoms with Crippen LogP contribution < -0.4 is 5.11 Å². The molecule has 0 saturated carbocycles. The molecule has 0 fully saturated rings. The second kappa shape index (κ2) is 5.14. The summed E-state index contributed by atoms with van der Waals surface area (Å²) in [5.74, 6) is -0.0255. The molecule has 0 aliphatic heterocycles.